The first-order valence-electron chi connectivity index (χ1n) is 7.32. The van der Waals surface area contributed by atoms with Crippen LogP contribution in [-0.4, -0.2) is 30.3 Å². The van der Waals surface area contributed by atoms with Crippen LogP contribution in [0.5, 0.6) is 0 Å². The molecule has 0 aromatic rings. The van der Waals surface area contributed by atoms with Gasteiger partial charge in [0.05, 0.1) is 0 Å². The monoisotopic (exact) mass is 237 g/mol. The number of carbonyl (C=O) groups is 1. The molecule has 1 atom stereocenters. The molecule has 0 radical (unpaired) electrons. The largest absolute Gasteiger partial charge is 0.303 e. The van der Waals surface area contributed by atoms with Gasteiger partial charge in [0.25, 0.3) is 0 Å². The molecule has 2 aliphatic rings. The van der Waals surface area contributed by atoms with E-state index in [-0.39, 0.29) is 0 Å². The average molecular weight is 237 g/mol. The van der Waals surface area contributed by atoms with Gasteiger partial charge in [-0.3, -0.25) is 4.79 Å². The van der Waals surface area contributed by atoms with Crippen LogP contribution in [0.3, 0.4) is 0 Å². The lowest BCUT2D eigenvalue weighted by molar-refractivity contribution is -0.127. The van der Waals surface area contributed by atoms with Gasteiger partial charge < -0.3 is 4.90 Å². The summed E-state index contributed by atoms with van der Waals surface area (Å²) in [6.45, 7) is 8.08. The Hall–Kier alpha value is -0.370. The standard InChI is InChI=1S/C15H27NO/c1-15(2)8-7-14(17)13(11-15)12-16-9-5-3-4-6-10-16/h13H,3-12H2,1-2H3. The Balaban J connectivity index is 1.89. The fourth-order valence-electron chi connectivity index (χ4n) is 3.35. The Morgan fingerprint density at radius 3 is 2.47 bits per heavy atom. The molecule has 1 heterocycles. The summed E-state index contributed by atoms with van der Waals surface area (Å²) < 4.78 is 0. The van der Waals surface area contributed by atoms with Crippen LogP contribution < -0.4 is 0 Å². The first-order chi connectivity index (χ1) is 8.07. The number of hydrogen-bond donors (Lipinski definition) is 0. The summed E-state index contributed by atoms with van der Waals surface area (Å²) >= 11 is 0. The van der Waals surface area contributed by atoms with E-state index in [1.165, 1.54) is 38.8 Å². The number of Topliss-reactive ketones (excluding diaryl/α,β-unsaturated/α-hetero) is 1. The number of nitrogens with zero attached hydrogens (tertiary/aromatic N) is 1. The molecule has 0 N–H and O–H groups in total. The van der Waals surface area contributed by atoms with Crippen molar-refractivity contribution in [3.8, 4) is 0 Å². The fourth-order valence-corrected chi connectivity index (χ4v) is 3.35. The molecule has 98 valence electrons. The van der Waals surface area contributed by atoms with Gasteiger partial charge in [0.1, 0.15) is 5.78 Å². The zero-order valence-corrected chi connectivity index (χ0v) is 11.5. The van der Waals surface area contributed by atoms with Crippen LogP contribution in [0.1, 0.15) is 58.8 Å². The van der Waals surface area contributed by atoms with E-state index in [0.29, 0.717) is 17.1 Å². The Morgan fingerprint density at radius 1 is 1.18 bits per heavy atom. The molecule has 2 fully saturated rings. The minimum absolute atomic E-state index is 0.317. The maximum Gasteiger partial charge on any atom is 0.137 e. The van der Waals surface area contributed by atoms with Crippen LogP contribution in [0.4, 0.5) is 0 Å². The van der Waals surface area contributed by atoms with Crippen molar-refractivity contribution in [1.82, 2.24) is 4.90 Å². The van der Waals surface area contributed by atoms with E-state index >= 15 is 0 Å². The maximum absolute atomic E-state index is 12.0. The fraction of sp³-hybridized carbons (Fsp3) is 0.933. The van der Waals surface area contributed by atoms with Crippen molar-refractivity contribution in [2.24, 2.45) is 11.3 Å². The lowest BCUT2D eigenvalue weighted by Gasteiger charge is -2.36. The third kappa shape index (κ3) is 3.80. The highest BCUT2D eigenvalue weighted by Gasteiger charge is 2.34. The van der Waals surface area contributed by atoms with Gasteiger partial charge in [0.2, 0.25) is 0 Å². The number of hydrogen-bond acceptors (Lipinski definition) is 2. The molecule has 1 aliphatic heterocycles. The third-order valence-corrected chi connectivity index (χ3v) is 4.48. The maximum atomic E-state index is 12.0. The lowest BCUT2D eigenvalue weighted by Crippen LogP contribution is -2.39. The van der Waals surface area contributed by atoms with Gasteiger partial charge in [-0.1, -0.05) is 26.7 Å². The van der Waals surface area contributed by atoms with E-state index in [9.17, 15) is 4.79 Å². The number of likely N-dealkylation sites (tertiary alicyclic amines) is 1. The van der Waals surface area contributed by atoms with Gasteiger partial charge >= 0.3 is 0 Å². The van der Waals surface area contributed by atoms with E-state index < -0.39 is 0 Å². The molecule has 0 aromatic heterocycles. The number of rotatable bonds is 2. The Labute approximate surface area is 106 Å². The molecule has 2 nitrogen and oxygen atoms in total. The van der Waals surface area contributed by atoms with Crippen molar-refractivity contribution in [2.75, 3.05) is 19.6 Å². The Bertz CT molecular complexity index is 264. The summed E-state index contributed by atoms with van der Waals surface area (Å²) in [5.41, 5.74) is 0.379. The smallest absolute Gasteiger partial charge is 0.137 e. The number of ketones is 1. The average Bonchev–Trinajstić information content (AvgIpc) is 2.52. The highest BCUT2D eigenvalue weighted by Crippen LogP contribution is 2.37. The van der Waals surface area contributed by atoms with E-state index in [1.807, 2.05) is 0 Å². The zero-order chi connectivity index (χ0) is 12.3. The number of carbonyl (C=O) groups excluding carboxylic acids is 1. The molecule has 17 heavy (non-hydrogen) atoms. The van der Waals surface area contributed by atoms with E-state index in [2.05, 4.69) is 18.7 Å². The van der Waals surface area contributed by atoms with Gasteiger partial charge in [-0.2, -0.15) is 0 Å². The van der Waals surface area contributed by atoms with E-state index in [0.717, 1.165) is 25.8 Å². The predicted octanol–water partition coefficient (Wildman–Crippen LogP) is 3.26. The van der Waals surface area contributed by atoms with Crippen LogP contribution in [-0.2, 0) is 4.79 Å². The first-order valence-corrected chi connectivity index (χ1v) is 7.32. The second kappa shape index (κ2) is 5.51. The third-order valence-electron chi connectivity index (χ3n) is 4.48. The van der Waals surface area contributed by atoms with Crippen LogP contribution >= 0.6 is 0 Å². The second-order valence-electron chi connectivity index (χ2n) is 6.75. The van der Waals surface area contributed by atoms with E-state index in [1.54, 1.807) is 0 Å². The minimum Gasteiger partial charge on any atom is -0.303 e. The molecule has 1 aliphatic carbocycles. The van der Waals surface area contributed by atoms with Crippen LogP contribution in [0.15, 0.2) is 0 Å². The van der Waals surface area contributed by atoms with Crippen molar-refractivity contribution < 1.29 is 4.79 Å². The summed E-state index contributed by atoms with van der Waals surface area (Å²) in [6, 6.07) is 0. The Morgan fingerprint density at radius 2 is 1.82 bits per heavy atom. The molecule has 0 bridgehead atoms. The summed E-state index contributed by atoms with van der Waals surface area (Å²) in [5.74, 6) is 0.838. The molecule has 2 heteroatoms. The molecule has 0 aromatic carbocycles. The van der Waals surface area contributed by atoms with Crippen molar-refractivity contribution in [2.45, 2.75) is 58.8 Å². The SMILES string of the molecule is CC1(C)CCC(=O)C(CN2CCCCCC2)C1. The van der Waals surface area contributed by atoms with Crippen molar-refractivity contribution >= 4 is 5.78 Å². The molecule has 1 saturated heterocycles. The van der Waals surface area contributed by atoms with Gasteiger partial charge in [-0.05, 0) is 44.2 Å². The van der Waals surface area contributed by atoms with Gasteiger partial charge in [0, 0.05) is 18.9 Å². The molecule has 1 unspecified atom stereocenters. The van der Waals surface area contributed by atoms with Gasteiger partial charge in [-0.15, -0.1) is 0 Å². The molecular formula is C15H27NO. The first kappa shape index (κ1) is 13.1. The van der Waals surface area contributed by atoms with Crippen LogP contribution in [0, 0.1) is 11.3 Å². The quantitative estimate of drug-likeness (QED) is 0.734. The van der Waals surface area contributed by atoms with Crippen LogP contribution in [0.2, 0.25) is 0 Å². The molecule has 0 spiro atoms. The molecule has 0 amide bonds. The van der Waals surface area contributed by atoms with Gasteiger partial charge in [0.15, 0.2) is 0 Å². The minimum atomic E-state index is 0.317. The van der Waals surface area contributed by atoms with Crippen LogP contribution in [0.25, 0.3) is 0 Å². The topological polar surface area (TPSA) is 20.3 Å². The summed E-state index contributed by atoms with van der Waals surface area (Å²) in [6.07, 6.45) is 8.39. The molecule has 1 saturated carbocycles. The van der Waals surface area contributed by atoms with E-state index in [4.69, 9.17) is 0 Å². The molecule has 2 rings (SSSR count). The Kier molecular flexibility index (Phi) is 4.24. The summed E-state index contributed by atoms with van der Waals surface area (Å²) in [7, 11) is 0. The normalized spacial score (nSPS) is 31.2. The molecular weight excluding hydrogens is 210 g/mol. The van der Waals surface area contributed by atoms with Crippen molar-refractivity contribution in [3.05, 3.63) is 0 Å². The van der Waals surface area contributed by atoms with Crippen molar-refractivity contribution in [1.29, 1.82) is 0 Å². The highest BCUT2D eigenvalue weighted by atomic mass is 16.1. The lowest BCUT2D eigenvalue weighted by atomic mass is 9.71. The van der Waals surface area contributed by atoms with Gasteiger partial charge in [-0.25, -0.2) is 0 Å². The van der Waals surface area contributed by atoms with Crippen molar-refractivity contribution in [3.63, 3.8) is 0 Å². The predicted molar refractivity (Wildman–Crippen MR) is 71.0 cm³/mol. The second-order valence-corrected chi connectivity index (χ2v) is 6.75. The summed E-state index contributed by atoms with van der Waals surface area (Å²) in [4.78, 5) is 14.6. The highest BCUT2D eigenvalue weighted by molar-refractivity contribution is 5.82. The zero-order valence-electron chi connectivity index (χ0n) is 11.5. The summed E-state index contributed by atoms with van der Waals surface area (Å²) in [5, 5.41) is 0.